The monoisotopic (exact) mass is 501 g/mol. The third kappa shape index (κ3) is 8.83. The first-order chi connectivity index (χ1) is 15.1. The van der Waals surface area contributed by atoms with Gasteiger partial charge in [0.15, 0.2) is 8.32 Å². The molecule has 0 aliphatic carbocycles. The second kappa shape index (κ2) is 10.9. The summed E-state index contributed by atoms with van der Waals surface area (Å²) in [6.07, 6.45) is -0.552. The predicted octanol–water partition coefficient (Wildman–Crippen LogP) is 5.75. The van der Waals surface area contributed by atoms with Gasteiger partial charge in [0.25, 0.3) is 0 Å². The van der Waals surface area contributed by atoms with Crippen molar-refractivity contribution in [2.45, 2.75) is 137 Å². The van der Waals surface area contributed by atoms with E-state index in [-0.39, 0.29) is 16.9 Å². The summed E-state index contributed by atoms with van der Waals surface area (Å²) in [5, 5.41) is 11.3. The molecule has 4 atom stereocenters. The van der Waals surface area contributed by atoms with Gasteiger partial charge >= 0.3 is 12.1 Å². The Balaban J connectivity index is 3.41. The second-order valence-corrected chi connectivity index (χ2v) is 18.5. The maximum atomic E-state index is 13.4. The van der Waals surface area contributed by atoms with Crippen molar-refractivity contribution < 1.29 is 28.6 Å². The average molecular weight is 502 g/mol. The molecule has 0 spiro atoms. The fraction of sp³-hybridized carbons (Fsp3) is 0.923. The van der Waals surface area contributed by atoms with Crippen LogP contribution in [0.1, 0.15) is 89.0 Å². The van der Waals surface area contributed by atoms with E-state index in [9.17, 15) is 14.7 Å². The number of rotatable bonds is 7. The van der Waals surface area contributed by atoms with Gasteiger partial charge in [0.1, 0.15) is 17.2 Å². The molecule has 1 aliphatic rings. The lowest BCUT2D eigenvalue weighted by Crippen LogP contribution is -2.53. The number of hydrogen-bond donors (Lipinski definition) is 1. The molecule has 1 saturated heterocycles. The molecule has 1 aliphatic heterocycles. The first-order valence-corrected chi connectivity index (χ1v) is 15.5. The summed E-state index contributed by atoms with van der Waals surface area (Å²) in [6, 6.07) is -1.44. The highest BCUT2D eigenvalue weighted by Crippen LogP contribution is 2.40. The summed E-state index contributed by atoms with van der Waals surface area (Å²) in [5.41, 5.74) is -1.43. The van der Waals surface area contributed by atoms with Crippen LogP contribution in [0.25, 0.3) is 0 Å². The molecule has 0 bridgehead atoms. The Morgan fingerprint density at radius 3 is 1.88 bits per heavy atom. The first kappa shape index (κ1) is 30.9. The van der Waals surface area contributed by atoms with Crippen LogP contribution >= 0.6 is 0 Å². The SMILES string of the molecule is CC(C)CC(O)[C@H]1[C@H](CO[Si](C)(C)C(C)(C)C)C[C@H](C(=O)OC(C)(C)C)N1C(=O)OC(C)(C)C. The molecule has 1 unspecified atom stereocenters. The molecule has 0 radical (unpaired) electrons. The van der Waals surface area contributed by atoms with Crippen molar-refractivity contribution in [1.82, 2.24) is 4.90 Å². The molecule has 1 amide bonds. The van der Waals surface area contributed by atoms with E-state index in [0.29, 0.717) is 19.4 Å². The van der Waals surface area contributed by atoms with E-state index in [1.165, 1.54) is 4.90 Å². The van der Waals surface area contributed by atoms with Gasteiger partial charge < -0.3 is 19.0 Å². The number of esters is 1. The van der Waals surface area contributed by atoms with Gasteiger partial charge in [-0.2, -0.15) is 0 Å². The molecule has 1 N–H and O–H groups in total. The maximum absolute atomic E-state index is 13.4. The highest BCUT2D eigenvalue weighted by atomic mass is 28.4. The molecular formula is C26H51NO6Si. The molecule has 0 aromatic heterocycles. The number of aliphatic hydroxyl groups excluding tert-OH is 1. The van der Waals surface area contributed by atoms with Crippen LogP contribution in [0.15, 0.2) is 0 Å². The summed E-state index contributed by atoms with van der Waals surface area (Å²) in [7, 11) is -2.08. The lowest BCUT2D eigenvalue weighted by atomic mass is 9.91. The van der Waals surface area contributed by atoms with Gasteiger partial charge in [-0.3, -0.25) is 4.90 Å². The predicted molar refractivity (Wildman–Crippen MR) is 138 cm³/mol. The zero-order valence-electron chi connectivity index (χ0n) is 23.9. The first-order valence-electron chi connectivity index (χ1n) is 12.6. The number of aliphatic hydroxyl groups is 1. The number of nitrogens with zero attached hydrogens (tertiary/aromatic N) is 1. The zero-order valence-corrected chi connectivity index (χ0v) is 24.9. The molecule has 34 heavy (non-hydrogen) atoms. The average Bonchev–Trinajstić information content (AvgIpc) is 2.95. The molecule has 1 rings (SSSR count). The van der Waals surface area contributed by atoms with Crippen LogP contribution in [0.4, 0.5) is 4.79 Å². The standard InChI is InChI=1S/C26H51NO6Si/c1-17(2)14-20(28)21-18(16-31-34(12,13)26(9,10)11)15-19(22(29)32-24(3,4)5)27(21)23(30)33-25(6,7)8/h17-21,28H,14-16H2,1-13H3/t18-,19+,20?,21+/m0/s1. The minimum atomic E-state index is -2.08. The highest BCUT2D eigenvalue weighted by Gasteiger charge is 2.53. The Morgan fingerprint density at radius 1 is 0.971 bits per heavy atom. The number of carbonyl (C=O) groups excluding carboxylic acids is 2. The van der Waals surface area contributed by atoms with Crippen LogP contribution < -0.4 is 0 Å². The van der Waals surface area contributed by atoms with E-state index < -0.39 is 49.8 Å². The van der Waals surface area contributed by atoms with E-state index in [2.05, 4.69) is 33.9 Å². The van der Waals surface area contributed by atoms with Crippen LogP contribution in [0.3, 0.4) is 0 Å². The normalized spacial score (nSPS) is 23.3. The van der Waals surface area contributed by atoms with E-state index in [1.54, 1.807) is 41.5 Å². The van der Waals surface area contributed by atoms with Gasteiger partial charge in [-0.25, -0.2) is 9.59 Å². The van der Waals surface area contributed by atoms with Gasteiger partial charge in [0, 0.05) is 12.5 Å². The van der Waals surface area contributed by atoms with Gasteiger partial charge in [0.2, 0.25) is 0 Å². The van der Waals surface area contributed by atoms with Crippen molar-refractivity contribution in [3.63, 3.8) is 0 Å². The molecule has 1 heterocycles. The molecule has 7 nitrogen and oxygen atoms in total. The fourth-order valence-corrected chi connectivity index (χ4v) is 5.00. The fourth-order valence-electron chi connectivity index (χ4n) is 3.94. The molecule has 0 aromatic rings. The largest absolute Gasteiger partial charge is 0.458 e. The van der Waals surface area contributed by atoms with Gasteiger partial charge in [-0.1, -0.05) is 34.6 Å². The number of likely N-dealkylation sites (tertiary alicyclic amines) is 1. The summed E-state index contributed by atoms with van der Waals surface area (Å²) >= 11 is 0. The van der Waals surface area contributed by atoms with Crippen LogP contribution in [-0.2, 0) is 18.7 Å². The highest BCUT2D eigenvalue weighted by molar-refractivity contribution is 6.74. The summed E-state index contributed by atoms with van der Waals surface area (Å²) < 4.78 is 17.9. The third-order valence-corrected chi connectivity index (χ3v) is 11.0. The Morgan fingerprint density at radius 2 is 1.47 bits per heavy atom. The van der Waals surface area contributed by atoms with Crippen molar-refractivity contribution in [2.75, 3.05) is 6.61 Å². The van der Waals surface area contributed by atoms with Crippen molar-refractivity contribution in [3.8, 4) is 0 Å². The number of amides is 1. The van der Waals surface area contributed by atoms with E-state index in [1.807, 2.05) is 13.8 Å². The Kier molecular flexibility index (Phi) is 9.88. The molecule has 8 heteroatoms. The van der Waals surface area contributed by atoms with Gasteiger partial charge in [-0.05, 0) is 78.4 Å². The van der Waals surface area contributed by atoms with E-state index in [0.717, 1.165) is 0 Å². The zero-order chi connectivity index (χ0) is 26.9. The van der Waals surface area contributed by atoms with Crippen molar-refractivity contribution in [1.29, 1.82) is 0 Å². The lowest BCUT2D eigenvalue weighted by molar-refractivity contribution is -0.161. The van der Waals surface area contributed by atoms with Crippen molar-refractivity contribution in [2.24, 2.45) is 11.8 Å². The van der Waals surface area contributed by atoms with Crippen molar-refractivity contribution >= 4 is 20.4 Å². The van der Waals surface area contributed by atoms with E-state index in [4.69, 9.17) is 13.9 Å². The van der Waals surface area contributed by atoms with E-state index >= 15 is 0 Å². The quantitative estimate of drug-likeness (QED) is 0.353. The molecular weight excluding hydrogens is 450 g/mol. The maximum Gasteiger partial charge on any atom is 0.411 e. The molecule has 0 saturated carbocycles. The Bertz CT molecular complexity index is 702. The molecule has 0 aromatic carbocycles. The van der Waals surface area contributed by atoms with Crippen LogP contribution in [0.2, 0.25) is 18.1 Å². The second-order valence-electron chi connectivity index (χ2n) is 13.7. The topological polar surface area (TPSA) is 85.3 Å². The minimum Gasteiger partial charge on any atom is -0.458 e. The van der Waals surface area contributed by atoms with Crippen LogP contribution in [-0.4, -0.2) is 66.4 Å². The summed E-state index contributed by atoms with van der Waals surface area (Å²) in [5.74, 6) is -0.471. The summed E-state index contributed by atoms with van der Waals surface area (Å²) in [6.45, 7) is 26.1. The minimum absolute atomic E-state index is 0.0209. The van der Waals surface area contributed by atoms with Crippen LogP contribution in [0.5, 0.6) is 0 Å². The smallest absolute Gasteiger partial charge is 0.411 e. The van der Waals surface area contributed by atoms with Crippen LogP contribution in [0, 0.1) is 11.8 Å². The summed E-state index contributed by atoms with van der Waals surface area (Å²) in [4.78, 5) is 28.1. The number of hydrogen-bond acceptors (Lipinski definition) is 6. The van der Waals surface area contributed by atoms with Gasteiger partial charge in [-0.15, -0.1) is 0 Å². The Hall–Kier alpha value is -1.12. The third-order valence-electron chi connectivity index (χ3n) is 6.52. The number of carbonyl (C=O) groups is 2. The lowest BCUT2D eigenvalue weighted by Gasteiger charge is -2.39. The van der Waals surface area contributed by atoms with Gasteiger partial charge in [0.05, 0.1) is 12.1 Å². The Labute approximate surface area is 209 Å². The molecule has 1 fully saturated rings. The van der Waals surface area contributed by atoms with Crippen molar-refractivity contribution in [3.05, 3.63) is 0 Å². The molecule has 200 valence electrons. The number of ether oxygens (including phenoxy) is 2.